The van der Waals surface area contributed by atoms with Gasteiger partial charge in [-0.2, -0.15) is 0 Å². The molecule has 2 N–H and O–H groups in total. The van der Waals surface area contributed by atoms with Crippen LogP contribution in [0, 0.1) is 0 Å². The van der Waals surface area contributed by atoms with Crippen molar-refractivity contribution >= 4 is 5.69 Å². The highest BCUT2D eigenvalue weighted by molar-refractivity contribution is 5.82. The first-order chi connectivity index (χ1) is 12.2. The Morgan fingerprint density at radius 2 is 1.36 bits per heavy atom. The third-order valence-corrected chi connectivity index (χ3v) is 5.96. The minimum Gasteiger partial charge on any atom is -0.399 e. The predicted octanol–water partition coefficient (Wildman–Crippen LogP) is 7.09. The Labute approximate surface area is 153 Å². The number of hydrogen-bond donors (Lipinski definition) is 1. The number of fused-ring (bicyclic) bond motifs is 3. The summed E-state index contributed by atoms with van der Waals surface area (Å²) in [7, 11) is 0. The SMILES string of the molecule is CCCCCCC1(CCCCC)c2ccccc2-c2ccc(N)cc21. The molecule has 0 amide bonds. The summed E-state index contributed by atoms with van der Waals surface area (Å²) in [5, 5.41) is 0. The molecule has 1 aliphatic carbocycles. The fourth-order valence-electron chi connectivity index (χ4n) is 4.67. The zero-order valence-electron chi connectivity index (χ0n) is 16.0. The predicted molar refractivity (Wildman–Crippen MR) is 110 cm³/mol. The minimum absolute atomic E-state index is 0.171. The van der Waals surface area contributed by atoms with Gasteiger partial charge in [0.2, 0.25) is 0 Å². The number of nitrogen functional groups attached to an aromatic ring is 1. The van der Waals surface area contributed by atoms with Crippen molar-refractivity contribution in [3.63, 3.8) is 0 Å². The zero-order chi connectivity index (χ0) is 17.7. The lowest BCUT2D eigenvalue weighted by molar-refractivity contribution is 0.403. The molecule has 0 fully saturated rings. The zero-order valence-corrected chi connectivity index (χ0v) is 16.0. The average Bonchev–Trinajstić information content (AvgIpc) is 2.89. The lowest BCUT2D eigenvalue weighted by atomic mass is 9.70. The molecular weight excluding hydrogens is 302 g/mol. The Balaban J connectivity index is 2.03. The highest BCUT2D eigenvalue weighted by Crippen LogP contribution is 2.54. The van der Waals surface area contributed by atoms with E-state index in [-0.39, 0.29) is 5.41 Å². The van der Waals surface area contributed by atoms with Crippen molar-refractivity contribution < 1.29 is 0 Å². The van der Waals surface area contributed by atoms with Gasteiger partial charge in [-0.3, -0.25) is 0 Å². The Hall–Kier alpha value is -1.76. The number of benzene rings is 2. The van der Waals surface area contributed by atoms with Crippen LogP contribution in [-0.4, -0.2) is 0 Å². The van der Waals surface area contributed by atoms with Gasteiger partial charge >= 0.3 is 0 Å². The molecule has 2 aromatic carbocycles. The number of rotatable bonds is 9. The third kappa shape index (κ3) is 3.47. The molecule has 1 atom stereocenters. The van der Waals surface area contributed by atoms with E-state index in [1.54, 1.807) is 5.56 Å². The molecule has 3 rings (SSSR count). The Kier molecular flexibility index (Phi) is 5.83. The summed E-state index contributed by atoms with van der Waals surface area (Å²) in [5.41, 5.74) is 13.2. The molecular formula is C24H33N. The van der Waals surface area contributed by atoms with Gasteiger partial charge in [0.1, 0.15) is 0 Å². The summed E-state index contributed by atoms with van der Waals surface area (Å²) in [5.74, 6) is 0. The fraction of sp³-hybridized carbons (Fsp3) is 0.500. The van der Waals surface area contributed by atoms with Gasteiger partial charge in [-0.25, -0.2) is 0 Å². The van der Waals surface area contributed by atoms with Gasteiger partial charge in [0.15, 0.2) is 0 Å². The molecule has 0 aliphatic heterocycles. The summed E-state index contributed by atoms with van der Waals surface area (Å²) < 4.78 is 0. The van der Waals surface area contributed by atoms with Crippen LogP contribution in [0.1, 0.15) is 82.8 Å². The summed E-state index contributed by atoms with van der Waals surface area (Å²) in [4.78, 5) is 0. The van der Waals surface area contributed by atoms with E-state index < -0.39 is 0 Å². The second-order valence-corrected chi connectivity index (χ2v) is 7.70. The third-order valence-electron chi connectivity index (χ3n) is 5.96. The van der Waals surface area contributed by atoms with Crippen molar-refractivity contribution in [2.45, 2.75) is 77.0 Å². The summed E-state index contributed by atoms with van der Waals surface area (Å²) in [6, 6.07) is 15.6. The van der Waals surface area contributed by atoms with Gasteiger partial charge in [0.05, 0.1) is 0 Å². The molecule has 0 bridgehead atoms. The van der Waals surface area contributed by atoms with Crippen molar-refractivity contribution in [1.82, 2.24) is 0 Å². The smallest absolute Gasteiger partial charge is 0.0317 e. The van der Waals surface area contributed by atoms with E-state index in [0.29, 0.717) is 0 Å². The lowest BCUT2D eigenvalue weighted by Gasteiger charge is -2.33. The number of unbranched alkanes of at least 4 members (excludes halogenated alkanes) is 5. The van der Waals surface area contributed by atoms with Gasteiger partial charge in [0, 0.05) is 11.1 Å². The molecule has 1 unspecified atom stereocenters. The summed E-state index contributed by atoms with van der Waals surface area (Å²) in [6.07, 6.45) is 11.7. The first kappa shape index (κ1) is 18.0. The highest BCUT2D eigenvalue weighted by Gasteiger charge is 2.41. The second kappa shape index (κ2) is 8.08. The van der Waals surface area contributed by atoms with Crippen LogP contribution >= 0.6 is 0 Å². The highest BCUT2D eigenvalue weighted by atomic mass is 14.6. The van der Waals surface area contributed by atoms with E-state index in [0.717, 1.165) is 5.69 Å². The first-order valence-electron chi connectivity index (χ1n) is 10.2. The molecule has 0 radical (unpaired) electrons. The van der Waals surface area contributed by atoms with E-state index in [4.69, 9.17) is 5.73 Å². The Bertz CT molecular complexity index is 703. The molecule has 0 spiro atoms. The summed E-state index contributed by atoms with van der Waals surface area (Å²) >= 11 is 0. The second-order valence-electron chi connectivity index (χ2n) is 7.70. The van der Waals surface area contributed by atoms with Crippen molar-refractivity contribution in [2.24, 2.45) is 0 Å². The number of hydrogen-bond acceptors (Lipinski definition) is 1. The molecule has 25 heavy (non-hydrogen) atoms. The lowest BCUT2D eigenvalue weighted by Crippen LogP contribution is -2.25. The van der Waals surface area contributed by atoms with Crippen LogP contribution in [0.25, 0.3) is 11.1 Å². The average molecular weight is 336 g/mol. The fourth-order valence-corrected chi connectivity index (χ4v) is 4.67. The van der Waals surface area contributed by atoms with E-state index in [1.807, 2.05) is 0 Å². The van der Waals surface area contributed by atoms with Gasteiger partial charge in [-0.05, 0) is 47.2 Å². The molecule has 0 heterocycles. The standard InChI is InChI=1S/C24H33N/c1-3-5-7-11-17-24(16-10-6-4-2)22-13-9-8-12-20(22)21-15-14-19(25)18-23(21)24/h8-9,12-15,18H,3-7,10-11,16-17,25H2,1-2H3. The van der Waals surface area contributed by atoms with Crippen molar-refractivity contribution in [3.8, 4) is 11.1 Å². The van der Waals surface area contributed by atoms with Gasteiger partial charge in [-0.1, -0.05) is 89.1 Å². The maximum absolute atomic E-state index is 6.22. The molecule has 1 aliphatic rings. The van der Waals surface area contributed by atoms with Crippen LogP contribution in [0.3, 0.4) is 0 Å². The van der Waals surface area contributed by atoms with E-state index in [9.17, 15) is 0 Å². The molecule has 2 aromatic rings. The largest absolute Gasteiger partial charge is 0.399 e. The Morgan fingerprint density at radius 1 is 0.720 bits per heavy atom. The van der Waals surface area contributed by atoms with Crippen molar-refractivity contribution in [2.75, 3.05) is 5.73 Å². The van der Waals surface area contributed by atoms with E-state index >= 15 is 0 Å². The number of nitrogens with two attached hydrogens (primary N) is 1. The van der Waals surface area contributed by atoms with Crippen LogP contribution in [-0.2, 0) is 5.41 Å². The molecule has 1 nitrogen and oxygen atoms in total. The molecule has 0 aromatic heterocycles. The van der Waals surface area contributed by atoms with Crippen LogP contribution in [0.4, 0.5) is 5.69 Å². The molecule has 0 saturated carbocycles. The molecule has 134 valence electrons. The van der Waals surface area contributed by atoms with Crippen molar-refractivity contribution in [3.05, 3.63) is 53.6 Å². The van der Waals surface area contributed by atoms with Crippen LogP contribution in [0.15, 0.2) is 42.5 Å². The maximum Gasteiger partial charge on any atom is 0.0317 e. The van der Waals surface area contributed by atoms with Gasteiger partial charge in [-0.15, -0.1) is 0 Å². The normalized spacial score (nSPS) is 18.2. The maximum atomic E-state index is 6.22. The first-order valence-corrected chi connectivity index (χ1v) is 10.2. The molecule has 0 saturated heterocycles. The van der Waals surface area contributed by atoms with E-state index in [1.165, 1.54) is 74.5 Å². The quantitative estimate of drug-likeness (QED) is 0.384. The van der Waals surface area contributed by atoms with Gasteiger partial charge < -0.3 is 5.73 Å². The van der Waals surface area contributed by atoms with E-state index in [2.05, 4.69) is 56.3 Å². The Morgan fingerprint density at radius 3 is 2.12 bits per heavy atom. The van der Waals surface area contributed by atoms with Crippen LogP contribution in [0.5, 0.6) is 0 Å². The molecule has 1 heteroatoms. The van der Waals surface area contributed by atoms with Gasteiger partial charge in [0.25, 0.3) is 0 Å². The summed E-state index contributed by atoms with van der Waals surface area (Å²) in [6.45, 7) is 4.58. The van der Waals surface area contributed by atoms with Crippen molar-refractivity contribution in [1.29, 1.82) is 0 Å². The van der Waals surface area contributed by atoms with Crippen LogP contribution in [0.2, 0.25) is 0 Å². The monoisotopic (exact) mass is 335 g/mol. The minimum atomic E-state index is 0.171. The van der Waals surface area contributed by atoms with Crippen LogP contribution < -0.4 is 5.73 Å². The topological polar surface area (TPSA) is 26.0 Å². The number of anilines is 1.